The van der Waals surface area contributed by atoms with Gasteiger partial charge in [-0.05, 0) is 18.2 Å². The minimum atomic E-state index is -0.580. The number of carbonyl (C=O) groups excluding carboxylic acids is 2. The molecular formula is C15H12Cl2N2O4. The largest absolute Gasteiger partial charge is 0.465 e. The first-order valence-corrected chi connectivity index (χ1v) is 7.20. The Bertz CT molecular complexity index is 817. The molecule has 1 amide bonds. The van der Waals surface area contributed by atoms with Gasteiger partial charge in [-0.25, -0.2) is 4.79 Å². The summed E-state index contributed by atoms with van der Waals surface area (Å²) in [4.78, 5) is 35.6. The molecule has 0 spiro atoms. The fourth-order valence-corrected chi connectivity index (χ4v) is 2.42. The highest BCUT2D eigenvalue weighted by Crippen LogP contribution is 2.16. The molecule has 1 aromatic heterocycles. The van der Waals surface area contributed by atoms with Crippen LogP contribution in [0.1, 0.15) is 10.4 Å². The Kier molecular flexibility index (Phi) is 5.41. The first kappa shape index (κ1) is 17.1. The number of amides is 1. The molecule has 1 aromatic carbocycles. The number of nitrogens with zero attached hydrogens (tertiary/aromatic N) is 1. The Morgan fingerprint density at radius 1 is 1.26 bits per heavy atom. The fourth-order valence-electron chi connectivity index (χ4n) is 1.91. The van der Waals surface area contributed by atoms with E-state index in [-0.39, 0.29) is 27.8 Å². The molecule has 6 nitrogen and oxygen atoms in total. The van der Waals surface area contributed by atoms with E-state index in [0.29, 0.717) is 0 Å². The lowest BCUT2D eigenvalue weighted by Crippen LogP contribution is -2.28. The zero-order valence-corrected chi connectivity index (χ0v) is 13.5. The van der Waals surface area contributed by atoms with Crippen LogP contribution in [-0.4, -0.2) is 23.6 Å². The molecule has 0 unspecified atom stereocenters. The molecule has 0 atom stereocenters. The number of esters is 1. The van der Waals surface area contributed by atoms with Gasteiger partial charge in [0, 0.05) is 6.20 Å². The van der Waals surface area contributed by atoms with Crippen LogP contribution < -0.4 is 10.9 Å². The van der Waals surface area contributed by atoms with Gasteiger partial charge in [-0.2, -0.15) is 0 Å². The summed E-state index contributed by atoms with van der Waals surface area (Å²) < 4.78 is 5.73. The number of hydrogen-bond donors (Lipinski definition) is 1. The van der Waals surface area contributed by atoms with Crippen LogP contribution in [0, 0.1) is 0 Å². The molecule has 0 aliphatic heterocycles. The summed E-state index contributed by atoms with van der Waals surface area (Å²) in [6, 6.07) is 7.67. The first-order valence-electron chi connectivity index (χ1n) is 6.45. The number of methoxy groups -OCH3 is 1. The highest BCUT2D eigenvalue weighted by Gasteiger charge is 2.14. The van der Waals surface area contributed by atoms with Crippen LogP contribution in [0.15, 0.2) is 41.3 Å². The number of benzene rings is 1. The molecule has 0 aliphatic rings. The number of halogens is 2. The van der Waals surface area contributed by atoms with Gasteiger partial charge < -0.3 is 14.6 Å². The molecule has 0 saturated heterocycles. The van der Waals surface area contributed by atoms with Crippen molar-refractivity contribution in [1.29, 1.82) is 0 Å². The quantitative estimate of drug-likeness (QED) is 0.856. The van der Waals surface area contributed by atoms with E-state index in [0.717, 1.165) is 4.57 Å². The van der Waals surface area contributed by atoms with Gasteiger partial charge >= 0.3 is 5.97 Å². The van der Waals surface area contributed by atoms with Crippen molar-refractivity contribution in [3.63, 3.8) is 0 Å². The number of ether oxygens (including phenoxy) is 1. The molecule has 8 heteroatoms. The molecule has 0 aliphatic carbocycles. The van der Waals surface area contributed by atoms with Gasteiger partial charge in [-0.15, -0.1) is 0 Å². The number of anilines is 1. The minimum Gasteiger partial charge on any atom is -0.465 e. The maximum absolute atomic E-state index is 12.1. The average molecular weight is 355 g/mol. The van der Waals surface area contributed by atoms with Gasteiger partial charge in [0.15, 0.2) is 0 Å². The maximum atomic E-state index is 12.1. The van der Waals surface area contributed by atoms with Crippen LogP contribution in [0.3, 0.4) is 0 Å². The molecular weight excluding hydrogens is 343 g/mol. The van der Waals surface area contributed by atoms with Crippen molar-refractivity contribution in [1.82, 2.24) is 4.57 Å². The van der Waals surface area contributed by atoms with Crippen molar-refractivity contribution < 1.29 is 14.3 Å². The molecule has 2 aromatic rings. The molecule has 23 heavy (non-hydrogen) atoms. The summed E-state index contributed by atoms with van der Waals surface area (Å²) >= 11 is 11.6. The standard InChI is InChI=1S/C15H12Cl2N2O4/c1-23-15(22)10-4-2-3-5-12(10)18-13(20)8-19-7-9(16)6-11(17)14(19)21/h2-7H,8H2,1H3,(H,18,20). The number of carbonyl (C=O) groups is 2. The fraction of sp³-hybridized carbons (Fsp3) is 0.133. The second-order valence-corrected chi connectivity index (χ2v) is 5.37. The Morgan fingerprint density at radius 3 is 2.65 bits per heavy atom. The Labute approximate surface area is 141 Å². The molecule has 0 saturated carbocycles. The highest BCUT2D eigenvalue weighted by molar-refractivity contribution is 6.34. The van der Waals surface area contributed by atoms with Crippen molar-refractivity contribution in [3.05, 3.63) is 62.5 Å². The van der Waals surface area contributed by atoms with Crippen molar-refractivity contribution in [2.24, 2.45) is 0 Å². The summed E-state index contributed by atoms with van der Waals surface area (Å²) in [5.41, 5.74) is -0.0437. The summed E-state index contributed by atoms with van der Waals surface area (Å²) in [5.74, 6) is -1.09. The van der Waals surface area contributed by atoms with Crippen molar-refractivity contribution in [2.45, 2.75) is 6.54 Å². The Hall–Kier alpha value is -2.31. The summed E-state index contributed by atoms with van der Waals surface area (Å²) in [5, 5.41) is 2.71. The molecule has 0 radical (unpaired) electrons. The average Bonchev–Trinajstić information content (AvgIpc) is 2.51. The topological polar surface area (TPSA) is 77.4 Å². The summed E-state index contributed by atoms with van der Waals surface area (Å²) in [6.07, 6.45) is 1.31. The van der Waals surface area contributed by atoms with Gasteiger partial charge in [0.25, 0.3) is 5.56 Å². The smallest absolute Gasteiger partial charge is 0.339 e. The van der Waals surface area contributed by atoms with Crippen LogP contribution in [0.2, 0.25) is 10.0 Å². The zero-order valence-electron chi connectivity index (χ0n) is 12.0. The molecule has 1 N–H and O–H groups in total. The van der Waals surface area contributed by atoms with E-state index >= 15 is 0 Å². The molecule has 0 fully saturated rings. The number of nitrogens with one attached hydrogen (secondary N) is 1. The third-order valence-electron chi connectivity index (χ3n) is 2.93. The second-order valence-electron chi connectivity index (χ2n) is 4.52. The van der Waals surface area contributed by atoms with Crippen molar-refractivity contribution in [3.8, 4) is 0 Å². The summed E-state index contributed by atoms with van der Waals surface area (Å²) in [7, 11) is 1.24. The van der Waals surface area contributed by atoms with Crippen molar-refractivity contribution >= 4 is 40.8 Å². The van der Waals surface area contributed by atoms with Crippen LogP contribution in [-0.2, 0) is 16.1 Å². The Morgan fingerprint density at radius 2 is 1.96 bits per heavy atom. The number of rotatable bonds is 4. The lowest BCUT2D eigenvalue weighted by Gasteiger charge is -2.11. The predicted octanol–water partition coefficient (Wildman–Crippen LogP) is 2.58. The lowest BCUT2D eigenvalue weighted by molar-refractivity contribution is -0.116. The Balaban J connectivity index is 2.22. The van der Waals surface area contributed by atoms with E-state index in [1.165, 1.54) is 25.4 Å². The molecule has 0 bridgehead atoms. The van der Waals surface area contributed by atoms with Crippen LogP contribution in [0.25, 0.3) is 0 Å². The zero-order chi connectivity index (χ0) is 17.0. The van der Waals surface area contributed by atoms with E-state index in [9.17, 15) is 14.4 Å². The molecule has 120 valence electrons. The van der Waals surface area contributed by atoms with Crippen LogP contribution in [0.4, 0.5) is 5.69 Å². The minimum absolute atomic E-state index is 0.0831. The van der Waals surface area contributed by atoms with Gasteiger partial charge in [0.2, 0.25) is 5.91 Å². The monoisotopic (exact) mass is 354 g/mol. The first-order chi connectivity index (χ1) is 10.9. The van der Waals surface area contributed by atoms with Gasteiger partial charge in [0.05, 0.1) is 23.4 Å². The lowest BCUT2D eigenvalue weighted by atomic mass is 10.2. The van der Waals surface area contributed by atoms with Gasteiger partial charge in [0.1, 0.15) is 11.6 Å². The van der Waals surface area contributed by atoms with E-state index in [1.807, 2.05) is 0 Å². The highest BCUT2D eigenvalue weighted by atomic mass is 35.5. The van der Waals surface area contributed by atoms with Crippen LogP contribution in [0.5, 0.6) is 0 Å². The van der Waals surface area contributed by atoms with E-state index < -0.39 is 17.4 Å². The van der Waals surface area contributed by atoms with Crippen LogP contribution >= 0.6 is 23.2 Å². The SMILES string of the molecule is COC(=O)c1ccccc1NC(=O)Cn1cc(Cl)cc(Cl)c1=O. The number of pyridine rings is 1. The predicted molar refractivity (Wildman–Crippen MR) is 87.1 cm³/mol. The third-order valence-corrected chi connectivity index (χ3v) is 3.41. The van der Waals surface area contributed by atoms with E-state index in [4.69, 9.17) is 23.2 Å². The number of aromatic nitrogens is 1. The molecule has 2 rings (SSSR count). The number of hydrogen-bond acceptors (Lipinski definition) is 4. The summed E-state index contributed by atoms with van der Waals surface area (Å²) in [6.45, 7) is -0.297. The van der Waals surface area contributed by atoms with E-state index in [1.54, 1.807) is 18.2 Å². The molecule has 1 heterocycles. The third kappa shape index (κ3) is 4.12. The van der Waals surface area contributed by atoms with Gasteiger partial charge in [-0.1, -0.05) is 35.3 Å². The van der Waals surface area contributed by atoms with Crippen molar-refractivity contribution in [2.75, 3.05) is 12.4 Å². The second kappa shape index (κ2) is 7.30. The van der Waals surface area contributed by atoms with Gasteiger partial charge in [-0.3, -0.25) is 9.59 Å². The maximum Gasteiger partial charge on any atom is 0.339 e. The number of para-hydroxylation sites is 1. The van der Waals surface area contributed by atoms with E-state index in [2.05, 4.69) is 10.1 Å². The normalized spacial score (nSPS) is 10.2.